The van der Waals surface area contributed by atoms with Gasteiger partial charge in [-0.15, -0.1) is 11.8 Å². The molecule has 0 atom stereocenters. The molecule has 1 N–H and O–H groups in total. The first-order chi connectivity index (χ1) is 11.5. The second kappa shape index (κ2) is 7.09. The Morgan fingerprint density at radius 1 is 1.08 bits per heavy atom. The molecular weight excluding hydrogens is 370 g/mol. The quantitative estimate of drug-likeness (QED) is 0.364. The summed E-state index contributed by atoms with van der Waals surface area (Å²) in [5.74, 6) is -0.630. The number of hydrogen-bond acceptors (Lipinski definition) is 4. The molecule has 10 heteroatoms. The molecule has 0 spiro atoms. The topological polar surface area (TPSA) is 52.9 Å². The number of ketones is 1. The van der Waals surface area contributed by atoms with E-state index >= 15 is 0 Å². The number of thioether (sulfide) groups is 1. The minimum atomic E-state index is -5.06. The van der Waals surface area contributed by atoms with Crippen molar-refractivity contribution in [2.75, 3.05) is 18.8 Å². The predicted molar refractivity (Wildman–Crippen MR) is 78.7 cm³/mol. The molecule has 0 bridgehead atoms. The van der Waals surface area contributed by atoms with Gasteiger partial charge in [0.1, 0.15) is 11.6 Å². The smallest absolute Gasteiger partial charge is 0.311 e. The highest BCUT2D eigenvalue weighted by molar-refractivity contribution is 8.03. The van der Waals surface area contributed by atoms with Gasteiger partial charge in [-0.25, -0.2) is 0 Å². The number of alkyl halides is 6. The number of carbonyl (C=O) groups excluding carboxylic acids is 1. The minimum Gasteiger partial charge on any atom is -0.311 e. The summed E-state index contributed by atoms with van der Waals surface area (Å²) >= 11 is 1.17. The number of halogens is 6. The van der Waals surface area contributed by atoms with Crippen LogP contribution in [-0.4, -0.2) is 24.6 Å². The molecule has 0 saturated carbocycles. The fourth-order valence-corrected chi connectivity index (χ4v) is 3.11. The van der Waals surface area contributed by atoms with Crippen LogP contribution >= 0.6 is 11.8 Å². The third kappa shape index (κ3) is 4.55. The Hall–Kier alpha value is -1.99. The second-order valence-corrected chi connectivity index (χ2v) is 6.25. The first-order valence-corrected chi connectivity index (χ1v) is 7.83. The van der Waals surface area contributed by atoms with Gasteiger partial charge in [-0.1, -0.05) is 0 Å². The Labute approximate surface area is 142 Å². The van der Waals surface area contributed by atoms with Crippen LogP contribution in [0.4, 0.5) is 26.3 Å². The van der Waals surface area contributed by atoms with E-state index in [-0.39, 0.29) is 12.6 Å². The lowest BCUT2D eigenvalue weighted by molar-refractivity contribution is -0.143. The fraction of sp³-hybridized carbons (Fsp3) is 0.333. The van der Waals surface area contributed by atoms with Crippen LogP contribution in [0.5, 0.6) is 0 Å². The third-order valence-electron chi connectivity index (χ3n) is 3.31. The Morgan fingerprint density at radius 2 is 1.64 bits per heavy atom. The van der Waals surface area contributed by atoms with Crippen molar-refractivity contribution in [3.63, 3.8) is 0 Å². The van der Waals surface area contributed by atoms with Gasteiger partial charge in [0.15, 0.2) is 0 Å². The summed E-state index contributed by atoms with van der Waals surface area (Å²) in [6.07, 6.45) is -10.1. The van der Waals surface area contributed by atoms with Crippen LogP contribution in [0.2, 0.25) is 0 Å². The van der Waals surface area contributed by atoms with E-state index in [1.54, 1.807) is 6.07 Å². The zero-order chi connectivity index (χ0) is 18.8. The van der Waals surface area contributed by atoms with Gasteiger partial charge in [0.05, 0.1) is 11.1 Å². The highest BCUT2D eigenvalue weighted by Crippen LogP contribution is 2.37. The molecule has 1 fully saturated rings. The molecule has 25 heavy (non-hydrogen) atoms. The van der Waals surface area contributed by atoms with Crippen LogP contribution in [0.15, 0.2) is 28.7 Å². The number of benzene rings is 1. The average molecular weight is 380 g/mol. The predicted octanol–water partition coefficient (Wildman–Crippen LogP) is 4.02. The van der Waals surface area contributed by atoms with Crippen LogP contribution in [-0.2, 0) is 12.4 Å². The summed E-state index contributed by atoms with van der Waals surface area (Å²) in [5, 5.41) is 12.0. The molecule has 2 rings (SSSR count). The van der Waals surface area contributed by atoms with Crippen molar-refractivity contribution in [2.45, 2.75) is 12.4 Å². The molecule has 0 unspecified atom stereocenters. The molecule has 3 nitrogen and oxygen atoms in total. The Morgan fingerprint density at radius 3 is 2.04 bits per heavy atom. The van der Waals surface area contributed by atoms with E-state index in [0.29, 0.717) is 29.3 Å². The van der Waals surface area contributed by atoms with Crippen molar-refractivity contribution in [1.29, 1.82) is 5.26 Å². The number of Topliss-reactive ketones (excluding diaryl/α,β-unsaturated/α-hetero) is 1. The Kier molecular flexibility index (Phi) is 5.49. The molecule has 0 aliphatic carbocycles. The number of nitrogens with zero attached hydrogens (tertiary/aromatic N) is 1. The first kappa shape index (κ1) is 19.3. The number of carbonyl (C=O) groups is 1. The van der Waals surface area contributed by atoms with E-state index in [9.17, 15) is 31.1 Å². The maximum Gasteiger partial charge on any atom is 0.416 e. The van der Waals surface area contributed by atoms with Gasteiger partial charge in [0.2, 0.25) is 5.78 Å². The molecule has 1 aliphatic heterocycles. The van der Waals surface area contributed by atoms with E-state index in [0.717, 1.165) is 0 Å². The first-order valence-electron chi connectivity index (χ1n) is 6.85. The van der Waals surface area contributed by atoms with Crippen molar-refractivity contribution in [3.8, 4) is 6.07 Å². The van der Waals surface area contributed by atoms with Crippen molar-refractivity contribution >= 4 is 17.5 Å². The number of rotatable bonds is 2. The van der Waals surface area contributed by atoms with E-state index in [4.69, 9.17) is 5.26 Å². The van der Waals surface area contributed by atoms with Crippen LogP contribution in [0, 0.1) is 11.3 Å². The number of hydrogen-bond donors (Lipinski definition) is 1. The van der Waals surface area contributed by atoms with Gasteiger partial charge in [0, 0.05) is 29.3 Å². The third-order valence-corrected chi connectivity index (χ3v) is 4.41. The maximum atomic E-state index is 12.9. The monoisotopic (exact) mass is 380 g/mol. The second-order valence-electron chi connectivity index (χ2n) is 5.06. The molecular formula is C15H10F6N2OS. The van der Waals surface area contributed by atoms with Gasteiger partial charge in [-0.2, -0.15) is 31.6 Å². The van der Waals surface area contributed by atoms with Gasteiger partial charge < -0.3 is 5.32 Å². The summed E-state index contributed by atoms with van der Waals surface area (Å²) in [6.45, 7) is 0.771. The number of allylic oxidation sites excluding steroid dienone is 1. The molecule has 1 aliphatic rings. The highest BCUT2D eigenvalue weighted by atomic mass is 32.2. The molecule has 1 saturated heterocycles. The SMILES string of the molecule is N#CC(C(=O)c1cc(C(F)(F)F)cc(C(F)(F)F)c1)=C1CNCCS1. The van der Waals surface area contributed by atoms with Crippen LogP contribution in [0.1, 0.15) is 21.5 Å². The van der Waals surface area contributed by atoms with Crippen LogP contribution < -0.4 is 5.32 Å². The average Bonchev–Trinajstić information content (AvgIpc) is 2.54. The van der Waals surface area contributed by atoms with E-state index in [2.05, 4.69) is 5.32 Å². The largest absolute Gasteiger partial charge is 0.416 e. The number of nitrogens with one attached hydrogen (secondary N) is 1. The Bertz CT molecular complexity index is 721. The lowest BCUT2D eigenvalue weighted by atomic mass is 9.98. The van der Waals surface area contributed by atoms with Crippen molar-refractivity contribution in [3.05, 3.63) is 45.4 Å². The molecule has 1 aromatic rings. The summed E-state index contributed by atoms with van der Waals surface area (Å²) < 4.78 is 77.2. The molecule has 134 valence electrons. The van der Waals surface area contributed by atoms with E-state index < -0.39 is 40.4 Å². The summed E-state index contributed by atoms with van der Waals surface area (Å²) in [7, 11) is 0. The lowest BCUT2D eigenvalue weighted by Crippen LogP contribution is -2.26. The van der Waals surface area contributed by atoms with Crippen LogP contribution in [0.3, 0.4) is 0 Å². The van der Waals surface area contributed by atoms with Crippen LogP contribution in [0.25, 0.3) is 0 Å². The van der Waals surface area contributed by atoms with Gasteiger partial charge >= 0.3 is 12.4 Å². The Balaban J connectivity index is 2.57. The summed E-state index contributed by atoms with van der Waals surface area (Å²) in [5.41, 5.74) is -4.47. The fourth-order valence-electron chi connectivity index (χ4n) is 2.13. The normalized spacial score (nSPS) is 17.8. The zero-order valence-corrected chi connectivity index (χ0v) is 13.2. The van der Waals surface area contributed by atoms with Gasteiger partial charge in [-0.05, 0) is 18.2 Å². The summed E-state index contributed by atoms with van der Waals surface area (Å²) in [6, 6.07) is 2.19. The molecule has 0 aromatic heterocycles. The standard InChI is InChI=1S/C15H10F6N2OS/c16-14(17,18)9-3-8(4-10(5-9)15(19,20)21)13(24)11(6-22)12-7-23-1-2-25-12/h3-5,23H,1-2,7H2. The maximum absolute atomic E-state index is 12.9. The van der Waals surface area contributed by atoms with Gasteiger partial charge in [0.25, 0.3) is 0 Å². The van der Waals surface area contributed by atoms with Crippen molar-refractivity contribution in [2.24, 2.45) is 0 Å². The molecule has 0 amide bonds. The molecule has 1 heterocycles. The van der Waals surface area contributed by atoms with Crippen molar-refractivity contribution in [1.82, 2.24) is 5.32 Å². The van der Waals surface area contributed by atoms with Gasteiger partial charge in [-0.3, -0.25) is 4.79 Å². The molecule has 1 aromatic carbocycles. The highest BCUT2D eigenvalue weighted by Gasteiger charge is 2.38. The van der Waals surface area contributed by atoms with E-state index in [1.165, 1.54) is 11.8 Å². The summed E-state index contributed by atoms with van der Waals surface area (Å²) in [4.78, 5) is 12.7. The lowest BCUT2D eigenvalue weighted by Gasteiger charge is -2.17. The van der Waals surface area contributed by atoms with E-state index in [1.807, 2.05) is 0 Å². The molecule has 0 radical (unpaired) electrons. The number of nitriles is 1. The minimum absolute atomic E-state index is 0.0626. The van der Waals surface area contributed by atoms with Crippen molar-refractivity contribution < 1.29 is 31.1 Å². The zero-order valence-electron chi connectivity index (χ0n) is 12.4.